The van der Waals surface area contributed by atoms with Gasteiger partial charge in [-0.1, -0.05) is 72.8 Å². The van der Waals surface area contributed by atoms with Crippen molar-refractivity contribution < 1.29 is 23.9 Å². The molecule has 0 saturated carbocycles. The number of carbonyl (C=O) groups excluding carboxylic acids is 3. The summed E-state index contributed by atoms with van der Waals surface area (Å²) in [4.78, 5) is 42.9. The Hall–Kier alpha value is -6.47. The van der Waals surface area contributed by atoms with Crippen LogP contribution in [0.1, 0.15) is 47.8 Å². The van der Waals surface area contributed by atoms with Gasteiger partial charge in [-0.15, -0.1) is 0 Å². The van der Waals surface area contributed by atoms with Gasteiger partial charge in [-0.25, -0.2) is 0 Å². The highest BCUT2D eigenvalue weighted by Gasteiger charge is 2.29. The minimum atomic E-state index is -0.550. The zero-order chi connectivity index (χ0) is 32.0. The summed E-state index contributed by atoms with van der Waals surface area (Å²) in [6.45, 7) is 0. The molecule has 6 aromatic carbocycles. The smallest absolute Gasteiger partial charge is 0.198 e. The van der Waals surface area contributed by atoms with Crippen molar-refractivity contribution >= 4 is 28.7 Å². The molecule has 0 heterocycles. The van der Waals surface area contributed by atoms with E-state index in [1.54, 1.807) is 146 Å². The molecule has 0 radical (unpaired) electrons. The van der Waals surface area contributed by atoms with Crippen LogP contribution in [0.15, 0.2) is 146 Å². The predicted molar refractivity (Wildman–Crippen MR) is 178 cm³/mol. The predicted octanol–water partition coefficient (Wildman–Crippen LogP) is 8.13. The van der Waals surface area contributed by atoms with Crippen LogP contribution >= 0.6 is 0 Å². The average Bonchev–Trinajstić information content (AvgIpc) is 3.10. The molecule has 0 aliphatic heterocycles. The molecule has 0 aliphatic rings. The second kappa shape index (κ2) is 13.0. The van der Waals surface area contributed by atoms with Gasteiger partial charge in [0, 0.05) is 33.6 Å². The number of benzene rings is 6. The maximum Gasteiger partial charge on any atom is 0.198 e. The van der Waals surface area contributed by atoms with Crippen LogP contribution in [0.5, 0.6) is 23.0 Å². The highest BCUT2D eigenvalue weighted by molar-refractivity contribution is 6.26. The zero-order valence-electron chi connectivity index (χ0n) is 24.6. The molecule has 0 bridgehead atoms. The number of nitrogens with two attached hydrogens (primary N) is 2. The number of hydrogen-bond donors (Lipinski definition) is 2. The minimum absolute atomic E-state index is 0.0439. The maximum atomic E-state index is 14.6. The van der Waals surface area contributed by atoms with Gasteiger partial charge in [0.1, 0.15) is 23.0 Å². The van der Waals surface area contributed by atoms with Gasteiger partial charge in [0.25, 0.3) is 0 Å². The van der Waals surface area contributed by atoms with Crippen LogP contribution in [-0.2, 0) is 0 Å². The van der Waals surface area contributed by atoms with Crippen molar-refractivity contribution in [2.45, 2.75) is 0 Å². The van der Waals surface area contributed by atoms with Crippen LogP contribution in [0.25, 0.3) is 0 Å². The van der Waals surface area contributed by atoms with Crippen molar-refractivity contribution in [2.75, 3.05) is 11.5 Å². The fourth-order valence-electron chi connectivity index (χ4n) is 5.01. The van der Waals surface area contributed by atoms with E-state index < -0.39 is 17.3 Å². The Labute approximate surface area is 265 Å². The molecule has 0 atom stereocenters. The van der Waals surface area contributed by atoms with Crippen LogP contribution < -0.4 is 20.9 Å². The number of rotatable bonds is 10. The third kappa shape index (κ3) is 6.25. The van der Waals surface area contributed by atoms with E-state index >= 15 is 0 Å². The molecule has 0 fully saturated rings. The Kier molecular flexibility index (Phi) is 8.38. The second-order valence-corrected chi connectivity index (χ2v) is 10.4. The van der Waals surface area contributed by atoms with Crippen LogP contribution in [-0.4, -0.2) is 17.3 Å². The summed E-state index contributed by atoms with van der Waals surface area (Å²) >= 11 is 0. The Morgan fingerprint density at radius 1 is 0.391 bits per heavy atom. The first-order valence-electron chi connectivity index (χ1n) is 14.5. The van der Waals surface area contributed by atoms with Gasteiger partial charge in [-0.3, -0.25) is 14.4 Å². The SMILES string of the molecule is Nc1ccc(Oc2ccccc2C(=O)c2cccc(C(=O)c3ccccc3)c2C(=O)c2ccccc2Oc2ccc(N)cc2)cc1. The molecule has 0 aromatic heterocycles. The van der Waals surface area contributed by atoms with E-state index in [2.05, 4.69) is 0 Å². The number of para-hydroxylation sites is 2. The Bertz CT molecular complexity index is 2050. The van der Waals surface area contributed by atoms with Crippen LogP contribution in [0, 0.1) is 0 Å². The molecular weight excluding hydrogens is 576 g/mol. The lowest BCUT2D eigenvalue weighted by atomic mass is 9.86. The first-order chi connectivity index (χ1) is 22.4. The third-order valence-corrected chi connectivity index (χ3v) is 7.30. The Morgan fingerprint density at radius 3 is 1.33 bits per heavy atom. The van der Waals surface area contributed by atoms with Crippen molar-refractivity contribution in [2.24, 2.45) is 0 Å². The first kappa shape index (κ1) is 29.6. The molecule has 4 N–H and O–H groups in total. The number of ketones is 3. The lowest BCUT2D eigenvalue weighted by Gasteiger charge is -2.17. The summed E-state index contributed by atoms with van der Waals surface area (Å²) in [6, 6.07) is 40.3. The van der Waals surface area contributed by atoms with Crippen LogP contribution in [0.4, 0.5) is 11.4 Å². The molecule has 0 amide bonds. The lowest BCUT2D eigenvalue weighted by molar-refractivity contribution is 0.0989. The van der Waals surface area contributed by atoms with Crippen LogP contribution in [0.2, 0.25) is 0 Å². The number of ether oxygens (including phenoxy) is 2. The summed E-state index contributed by atoms with van der Waals surface area (Å²) in [5.74, 6) is 0.0371. The molecule has 0 aliphatic carbocycles. The molecule has 46 heavy (non-hydrogen) atoms. The minimum Gasteiger partial charge on any atom is -0.457 e. The highest BCUT2D eigenvalue weighted by Crippen LogP contribution is 2.33. The maximum absolute atomic E-state index is 14.6. The topological polar surface area (TPSA) is 122 Å². The van der Waals surface area contributed by atoms with Gasteiger partial charge < -0.3 is 20.9 Å². The van der Waals surface area contributed by atoms with Crippen molar-refractivity contribution in [3.63, 3.8) is 0 Å². The van der Waals surface area contributed by atoms with E-state index in [4.69, 9.17) is 20.9 Å². The molecular formula is C39H28N2O5. The summed E-state index contributed by atoms with van der Waals surface area (Å²) in [5.41, 5.74) is 13.6. The van der Waals surface area contributed by atoms with E-state index in [0.717, 1.165) is 0 Å². The van der Waals surface area contributed by atoms with Crippen LogP contribution in [0.3, 0.4) is 0 Å². The summed E-state index contributed by atoms with van der Waals surface area (Å²) < 4.78 is 12.2. The Morgan fingerprint density at radius 2 is 0.804 bits per heavy atom. The highest BCUT2D eigenvalue weighted by atomic mass is 16.5. The lowest BCUT2D eigenvalue weighted by Crippen LogP contribution is -2.18. The quantitative estimate of drug-likeness (QED) is 0.120. The van der Waals surface area contributed by atoms with Crippen molar-refractivity contribution in [3.8, 4) is 23.0 Å². The number of hydrogen-bond acceptors (Lipinski definition) is 7. The fourth-order valence-corrected chi connectivity index (χ4v) is 5.01. The first-order valence-corrected chi connectivity index (χ1v) is 14.5. The number of nitrogen functional groups attached to an aromatic ring is 2. The molecule has 224 valence electrons. The third-order valence-electron chi connectivity index (χ3n) is 7.30. The normalized spacial score (nSPS) is 10.6. The van der Waals surface area contributed by atoms with Gasteiger partial charge in [0.05, 0.1) is 11.1 Å². The molecule has 0 saturated heterocycles. The second-order valence-electron chi connectivity index (χ2n) is 10.4. The van der Waals surface area contributed by atoms with E-state index in [9.17, 15) is 14.4 Å². The van der Waals surface area contributed by atoms with E-state index in [1.165, 1.54) is 0 Å². The van der Waals surface area contributed by atoms with Crippen molar-refractivity contribution in [1.29, 1.82) is 0 Å². The molecule has 6 rings (SSSR count). The van der Waals surface area contributed by atoms with Gasteiger partial charge in [-0.2, -0.15) is 0 Å². The fraction of sp³-hybridized carbons (Fsp3) is 0. The van der Waals surface area contributed by atoms with Gasteiger partial charge >= 0.3 is 0 Å². The summed E-state index contributed by atoms with van der Waals surface area (Å²) in [6.07, 6.45) is 0. The van der Waals surface area contributed by atoms with E-state index in [0.29, 0.717) is 28.4 Å². The average molecular weight is 605 g/mol. The monoisotopic (exact) mass is 604 g/mol. The molecule has 7 nitrogen and oxygen atoms in total. The van der Waals surface area contributed by atoms with E-state index in [-0.39, 0.29) is 39.3 Å². The van der Waals surface area contributed by atoms with Crippen molar-refractivity contribution in [1.82, 2.24) is 0 Å². The van der Waals surface area contributed by atoms with Gasteiger partial charge in [0.2, 0.25) is 0 Å². The Balaban J connectivity index is 1.48. The number of anilines is 2. The standard InChI is InChI=1S/C39H28N2O5/c40-26-17-21-28(22-18-26)45-34-15-6-4-11-30(34)38(43)33-14-8-13-32(37(42)25-9-2-1-3-10-25)36(33)39(44)31-12-5-7-16-35(31)46-29-23-19-27(41)20-24-29/h1-24H,40-41H2. The zero-order valence-corrected chi connectivity index (χ0v) is 24.6. The molecule has 6 aromatic rings. The number of carbonyl (C=O) groups is 3. The van der Waals surface area contributed by atoms with E-state index in [1.807, 2.05) is 0 Å². The molecule has 7 heteroatoms. The summed E-state index contributed by atoms with van der Waals surface area (Å²) in [7, 11) is 0. The largest absolute Gasteiger partial charge is 0.457 e. The molecule has 0 unspecified atom stereocenters. The van der Waals surface area contributed by atoms with Crippen molar-refractivity contribution in [3.05, 3.63) is 179 Å². The van der Waals surface area contributed by atoms with Gasteiger partial charge in [-0.05, 0) is 72.8 Å². The summed E-state index contributed by atoms with van der Waals surface area (Å²) in [5, 5.41) is 0. The molecule has 0 spiro atoms. The van der Waals surface area contributed by atoms with Gasteiger partial charge in [0.15, 0.2) is 17.3 Å².